The van der Waals surface area contributed by atoms with Gasteiger partial charge in [0, 0.05) is 5.70 Å². The van der Waals surface area contributed by atoms with Gasteiger partial charge in [-0.05, 0) is 53.8 Å². The van der Waals surface area contributed by atoms with Crippen LogP contribution in [0.5, 0.6) is 5.75 Å². The minimum absolute atomic E-state index is 0.274. The van der Waals surface area contributed by atoms with Crippen LogP contribution in [0.25, 0.3) is 16.3 Å². The fraction of sp³-hybridized carbons (Fsp3) is 0.160. The van der Waals surface area contributed by atoms with Gasteiger partial charge in [0.25, 0.3) is 5.89 Å². The zero-order valence-electron chi connectivity index (χ0n) is 18.5. The first kappa shape index (κ1) is 21.8. The minimum atomic E-state index is -0.572. The van der Waals surface area contributed by atoms with Crippen molar-refractivity contribution in [2.45, 2.75) is 19.5 Å². The molecule has 0 aliphatic carbocycles. The normalized spacial score (nSPS) is 16.0. The van der Waals surface area contributed by atoms with Gasteiger partial charge in [0.15, 0.2) is 0 Å². The lowest BCUT2D eigenvalue weighted by molar-refractivity contribution is 0.203. The number of amides is 2. The number of carbonyl (C=O) groups excluding carboxylic acids is 1. The molecule has 1 N–H and O–H groups in total. The zero-order valence-corrected chi connectivity index (χ0v) is 19.3. The van der Waals surface area contributed by atoms with Crippen LogP contribution in [0.1, 0.15) is 30.0 Å². The lowest BCUT2D eigenvalue weighted by Gasteiger charge is -2.35. The van der Waals surface area contributed by atoms with E-state index in [9.17, 15) is 9.18 Å². The monoisotopic (exact) mass is 476 g/mol. The van der Waals surface area contributed by atoms with E-state index in [2.05, 4.69) is 15.5 Å². The molecule has 34 heavy (non-hydrogen) atoms. The number of aromatic nitrogens is 2. The lowest BCUT2D eigenvalue weighted by atomic mass is 9.94. The molecule has 0 saturated heterocycles. The Balaban J connectivity index is 1.57. The second-order valence-corrected chi connectivity index (χ2v) is 8.72. The maximum absolute atomic E-state index is 13.6. The quantitative estimate of drug-likeness (QED) is 0.389. The summed E-state index contributed by atoms with van der Waals surface area (Å²) >= 11 is 1.51. The Hall–Kier alpha value is -3.98. The summed E-state index contributed by atoms with van der Waals surface area (Å²) in [6.07, 6.45) is 0. The molecule has 0 saturated carbocycles. The van der Waals surface area contributed by atoms with E-state index < -0.39 is 6.04 Å². The van der Waals surface area contributed by atoms with Crippen molar-refractivity contribution in [3.8, 4) is 16.5 Å². The van der Waals surface area contributed by atoms with E-state index in [1.54, 1.807) is 24.1 Å². The number of urea groups is 1. The van der Waals surface area contributed by atoms with E-state index in [4.69, 9.17) is 9.26 Å². The Morgan fingerprint density at radius 1 is 1.15 bits per heavy atom. The van der Waals surface area contributed by atoms with Gasteiger partial charge in [-0.3, -0.25) is 4.90 Å². The van der Waals surface area contributed by atoms with E-state index in [1.807, 2.05) is 48.7 Å². The third-order valence-electron chi connectivity index (χ3n) is 5.70. The number of carbonyl (C=O) groups is 1. The van der Waals surface area contributed by atoms with Crippen molar-refractivity contribution in [2.24, 2.45) is 0 Å². The first-order valence-corrected chi connectivity index (χ1v) is 11.5. The second-order valence-electron chi connectivity index (χ2n) is 7.77. The van der Waals surface area contributed by atoms with Gasteiger partial charge < -0.3 is 14.6 Å². The maximum Gasteiger partial charge on any atom is 0.322 e. The standard InChI is InChI=1S/C25H21FN4O3S/c1-15-21(24-28-23(29-33-24)20-4-3-13-34-20)22(17-7-9-18(26)10-8-17)27-25(31)30(15)14-16-5-11-19(32-2)12-6-16/h3-13,22H,14H2,1-2H3,(H,27,31). The molecule has 0 bridgehead atoms. The first-order chi connectivity index (χ1) is 16.5. The van der Waals surface area contributed by atoms with Crippen molar-refractivity contribution in [3.05, 3.63) is 94.6 Å². The zero-order chi connectivity index (χ0) is 23.7. The molecule has 9 heteroatoms. The number of hydrogen-bond acceptors (Lipinski definition) is 6. The Labute approximate surface area is 199 Å². The molecule has 0 fully saturated rings. The number of allylic oxidation sites excluding steroid dienone is 1. The van der Waals surface area contributed by atoms with Crippen molar-refractivity contribution >= 4 is 22.9 Å². The summed E-state index contributed by atoms with van der Waals surface area (Å²) in [6, 6.07) is 16.5. The van der Waals surface area contributed by atoms with E-state index in [0.29, 0.717) is 35.1 Å². The van der Waals surface area contributed by atoms with Crippen LogP contribution in [0.3, 0.4) is 0 Å². The van der Waals surface area contributed by atoms with Gasteiger partial charge in [-0.15, -0.1) is 11.3 Å². The second kappa shape index (κ2) is 9.11. The molecule has 4 aromatic rings. The fourth-order valence-electron chi connectivity index (χ4n) is 3.91. The summed E-state index contributed by atoms with van der Waals surface area (Å²) in [5.74, 6) is 1.16. The predicted molar refractivity (Wildman–Crippen MR) is 126 cm³/mol. The van der Waals surface area contributed by atoms with E-state index >= 15 is 0 Å². The molecule has 2 aromatic carbocycles. The summed E-state index contributed by atoms with van der Waals surface area (Å²) < 4.78 is 24.5. The average Bonchev–Trinajstić information content (AvgIpc) is 3.55. The predicted octanol–water partition coefficient (Wildman–Crippen LogP) is 5.64. The SMILES string of the molecule is COc1ccc(CN2C(=O)NC(c3ccc(F)cc3)C(c3nc(-c4cccs4)no3)=C2C)cc1. The van der Waals surface area contributed by atoms with Crippen LogP contribution in [0.15, 0.2) is 76.3 Å². The van der Waals surface area contributed by atoms with E-state index in [1.165, 1.54) is 23.5 Å². The van der Waals surface area contributed by atoms with Crippen molar-refractivity contribution in [1.29, 1.82) is 0 Å². The molecule has 1 unspecified atom stereocenters. The Morgan fingerprint density at radius 2 is 1.91 bits per heavy atom. The van der Waals surface area contributed by atoms with Gasteiger partial charge in [0.2, 0.25) is 5.82 Å². The molecule has 0 spiro atoms. The fourth-order valence-corrected chi connectivity index (χ4v) is 4.56. The molecule has 172 valence electrons. The number of nitrogens with zero attached hydrogens (tertiary/aromatic N) is 3. The van der Waals surface area contributed by atoms with Crippen molar-refractivity contribution < 1.29 is 18.4 Å². The van der Waals surface area contributed by atoms with Gasteiger partial charge in [0.05, 0.1) is 30.1 Å². The molecule has 1 aliphatic heterocycles. The number of methoxy groups -OCH3 is 1. The molecule has 1 atom stereocenters. The Bertz CT molecular complexity index is 1330. The first-order valence-electron chi connectivity index (χ1n) is 10.6. The number of rotatable bonds is 6. The summed E-state index contributed by atoms with van der Waals surface area (Å²) in [4.78, 5) is 20.3. The summed E-state index contributed by atoms with van der Waals surface area (Å²) in [6.45, 7) is 2.19. The van der Waals surface area contributed by atoms with Crippen LogP contribution in [0, 0.1) is 5.82 Å². The highest BCUT2D eigenvalue weighted by Crippen LogP contribution is 2.38. The average molecular weight is 477 g/mol. The van der Waals surface area contributed by atoms with Gasteiger partial charge in [-0.2, -0.15) is 4.98 Å². The van der Waals surface area contributed by atoms with Crippen LogP contribution in [0.2, 0.25) is 0 Å². The molecule has 5 rings (SSSR count). The highest BCUT2D eigenvalue weighted by atomic mass is 32.1. The number of ether oxygens (including phenoxy) is 1. The van der Waals surface area contributed by atoms with Gasteiger partial charge in [-0.25, -0.2) is 9.18 Å². The lowest BCUT2D eigenvalue weighted by Crippen LogP contribution is -2.45. The number of benzene rings is 2. The van der Waals surface area contributed by atoms with Crippen LogP contribution < -0.4 is 10.1 Å². The Morgan fingerprint density at radius 3 is 2.59 bits per heavy atom. The maximum atomic E-state index is 13.6. The highest BCUT2D eigenvalue weighted by molar-refractivity contribution is 7.13. The van der Waals surface area contributed by atoms with Gasteiger partial charge in [0.1, 0.15) is 11.6 Å². The molecule has 1 aliphatic rings. The smallest absolute Gasteiger partial charge is 0.322 e. The number of thiophene rings is 1. The van der Waals surface area contributed by atoms with Gasteiger partial charge in [-0.1, -0.05) is 35.5 Å². The highest BCUT2D eigenvalue weighted by Gasteiger charge is 2.35. The van der Waals surface area contributed by atoms with Gasteiger partial charge >= 0.3 is 6.03 Å². The molecular weight excluding hydrogens is 455 g/mol. The third kappa shape index (κ3) is 4.17. The minimum Gasteiger partial charge on any atom is -0.497 e. The molecular formula is C25H21FN4O3S. The van der Waals surface area contributed by atoms with Crippen molar-refractivity contribution in [1.82, 2.24) is 20.4 Å². The Kier molecular flexibility index (Phi) is 5.85. The topological polar surface area (TPSA) is 80.5 Å². The molecule has 2 amide bonds. The van der Waals surface area contributed by atoms with E-state index in [-0.39, 0.29) is 11.8 Å². The third-order valence-corrected chi connectivity index (χ3v) is 6.56. The van der Waals surface area contributed by atoms with Crippen LogP contribution in [-0.2, 0) is 6.54 Å². The summed E-state index contributed by atoms with van der Waals surface area (Å²) in [5, 5.41) is 9.11. The molecule has 7 nitrogen and oxygen atoms in total. The number of nitrogens with one attached hydrogen (secondary N) is 1. The van der Waals surface area contributed by atoms with Crippen LogP contribution in [0.4, 0.5) is 9.18 Å². The van der Waals surface area contributed by atoms with Crippen molar-refractivity contribution in [2.75, 3.05) is 7.11 Å². The van der Waals surface area contributed by atoms with E-state index in [0.717, 1.165) is 16.2 Å². The molecule has 3 heterocycles. The largest absolute Gasteiger partial charge is 0.497 e. The van der Waals surface area contributed by atoms with Crippen molar-refractivity contribution in [3.63, 3.8) is 0 Å². The molecule has 0 radical (unpaired) electrons. The summed E-state index contributed by atoms with van der Waals surface area (Å²) in [5.41, 5.74) is 2.98. The summed E-state index contributed by atoms with van der Waals surface area (Å²) in [7, 11) is 1.61. The number of halogens is 1. The van der Waals surface area contributed by atoms with Crippen LogP contribution in [-0.4, -0.2) is 28.2 Å². The molecule has 2 aromatic heterocycles. The van der Waals surface area contributed by atoms with Crippen LogP contribution >= 0.6 is 11.3 Å². The number of hydrogen-bond donors (Lipinski definition) is 1.